The number of methoxy groups -OCH3 is 1. The quantitative estimate of drug-likeness (QED) is 0.484. The Hall–Kier alpha value is -1.67. The lowest BCUT2D eigenvalue weighted by atomic mass is 10.3. The first-order valence-electron chi connectivity index (χ1n) is 9.14. The van der Waals surface area contributed by atoms with Crippen LogP contribution in [0, 0.1) is 0 Å². The minimum atomic E-state index is 0. The predicted octanol–water partition coefficient (Wildman–Crippen LogP) is 4.71. The van der Waals surface area contributed by atoms with Crippen LogP contribution >= 0.6 is 35.1 Å². The Morgan fingerprint density at radius 1 is 1.18 bits per heavy atom. The molecular weight excluding hydrogens is 414 g/mol. The Balaban J connectivity index is 0.00000280. The van der Waals surface area contributed by atoms with E-state index in [9.17, 15) is 4.79 Å². The van der Waals surface area contributed by atoms with E-state index in [1.54, 1.807) is 29.8 Å². The summed E-state index contributed by atoms with van der Waals surface area (Å²) in [4.78, 5) is 23.0. The standard InChI is InChI=1S/C20H25N3O2S2.ClH/c1-4-22(5-2)10-11-23(19(24)14-16-7-6-12-26-16)20-21-17-9-8-15(25-3)13-18(17)27-20;/h6-9,12-13H,4-5,10-11,14H2,1-3H3;1H. The molecule has 0 aliphatic heterocycles. The number of thiazole rings is 1. The Bertz CT molecular complexity index is 879. The molecule has 0 saturated heterocycles. The molecule has 0 atom stereocenters. The van der Waals surface area contributed by atoms with Gasteiger partial charge in [-0.05, 0) is 42.7 Å². The third kappa shape index (κ3) is 5.44. The van der Waals surface area contributed by atoms with Crippen LogP contribution in [0.15, 0.2) is 35.7 Å². The maximum atomic E-state index is 13.1. The van der Waals surface area contributed by atoms with Crippen LogP contribution < -0.4 is 9.64 Å². The summed E-state index contributed by atoms with van der Waals surface area (Å²) in [5, 5.41) is 2.76. The molecule has 0 N–H and O–H groups in total. The van der Waals surface area contributed by atoms with Crippen molar-refractivity contribution in [1.29, 1.82) is 0 Å². The molecule has 0 fully saturated rings. The third-order valence-corrected chi connectivity index (χ3v) is 6.47. The lowest BCUT2D eigenvalue weighted by molar-refractivity contribution is -0.118. The van der Waals surface area contributed by atoms with Crippen LogP contribution in [-0.4, -0.2) is 49.1 Å². The number of anilines is 1. The summed E-state index contributed by atoms with van der Waals surface area (Å²) in [7, 11) is 1.66. The first kappa shape index (κ1) is 22.6. The zero-order chi connectivity index (χ0) is 19.2. The van der Waals surface area contributed by atoms with Crippen LogP contribution in [0.3, 0.4) is 0 Å². The molecule has 3 aromatic rings. The van der Waals surface area contributed by atoms with Gasteiger partial charge in [-0.25, -0.2) is 4.98 Å². The summed E-state index contributed by atoms with van der Waals surface area (Å²) in [5.74, 6) is 0.896. The molecule has 28 heavy (non-hydrogen) atoms. The number of hydrogen-bond donors (Lipinski definition) is 0. The summed E-state index contributed by atoms with van der Waals surface area (Å²) in [5.41, 5.74) is 0.896. The average Bonchev–Trinajstić information content (AvgIpc) is 3.33. The van der Waals surface area contributed by atoms with Crippen LogP contribution in [0.1, 0.15) is 18.7 Å². The van der Waals surface area contributed by atoms with Crippen molar-refractivity contribution in [3.05, 3.63) is 40.6 Å². The molecule has 3 rings (SSSR count). The topological polar surface area (TPSA) is 45.7 Å². The molecule has 2 aromatic heterocycles. The maximum absolute atomic E-state index is 13.1. The summed E-state index contributed by atoms with van der Waals surface area (Å²) >= 11 is 3.16. The van der Waals surface area contributed by atoms with Gasteiger partial charge in [0.25, 0.3) is 0 Å². The van der Waals surface area contributed by atoms with Crippen molar-refractivity contribution < 1.29 is 9.53 Å². The number of benzene rings is 1. The number of halogens is 1. The van der Waals surface area contributed by atoms with Gasteiger partial charge in [-0.15, -0.1) is 23.7 Å². The molecule has 2 heterocycles. The smallest absolute Gasteiger partial charge is 0.234 e. The van der Waals surface area contributed by atoms with Gasteiger partial charge in [-0.2, -0.15) is 0 Å². The Kier molecular flexibility index (Phi) is 8.69. The van der Waals surface area contributed by atoms with Gasteiger partial charge in [0.1, 0.15) is 5.75 Å². The van der Waals surface area contributed by atoms with E-state index < -0.39 is 0 Å². The van der Waals surface area contributed by atoms with Gasteiger partial charge >= 0.3 is 0 Å². The van der Waals surface area contributed by atoms with Crippen molar-refractivity contribution in [1.82, 2.24) is 9.88 Å². The van der Waals surface area contributed by atoms with E-state index in [0.717, 1.165) is 45.6 Å². The zero-order valence-electron chi connectivity index (χ0n) is 16.4. The Morgan fingerprint density at radius 3 is 2.61 bits per heavy atom. The highest BCUT2D eigenvalue weighted by molar-refractivity contribution is 7.22. The highest BCUT2D eigenvalue weighted by Crippen LogP contribution is 2.32. The lowest BCUT2D eigenvalue weighted by Crippen LogP contribution is -2.39. The van der Waals surface area contributed by atoms with Crippen LogP contribution in [0.5, 0.6) is 5.75 Å². The second kappa shape index (κ2) is 10.8. The number of amides is 1. The first-order valence-corrected chi connectivity index (χ1v) is 10.8. The minimum absolute atomic E-state index is 0. The number of aromatic nitrogens is 1. The minimum Gasteiger partial charge on any atom is -0.497 e. The fourth-order valence-corrected chi connectivity index (χ4v) is 4.63. The van der Waals surface area contributed by atoms with E-state index in [0.29, 0.717) is 13.0 Å². The van der Waals surface area contributed by atoms with E-state index in [1.807, 2.05) is 40.6 Å². The number of likely N-dealkylation sites (N-methyl/N-ethyl adjacent to an activating group) is 1. The van der Waals surface area contributed by atoms with Gasteiger partial charge in [0.15, 0.2) is 5.13 Å². The summed E-state index contributed by atoms with van der Waals surface area (Å²) in [6.45, 7) is 7.71. The number of thiophene rings is 1. The summed E-state index contributed by atoms with van der Waals surface area (Å²) in [6, 6.07) is 9.81. The van der Waals surface area contributed by atoms with E-state index in [4.69, 9.17) is 9.72 Å². The number of hydrogen-bond acceptors (Lipinski definition) is 6. The van der Waals surface area contributed by atoms with E-state index >= 15 is 0 Å². The average molecular weight is 440 g/mol. The van der Waals surface area contributed by atoms with Crippen LogP contribution in [-0.2, 0) is 11.2 Å². The van der Waals surface area contributed by atoms with Gasteiger partial charge in [0.2, 0.25) is 5.91 Å². The monoisotopic (exact) mass is 439 g/mol. The molecule has 1 aromatic carbocycles. The fourth-order valence-electron chi connectivity index (χ4n) is 2.90. The molecule has 0 bridgehead atoms. The van der Waals surface area contributed by atoms with Crippen molar-refractivity contribution in [2.45, 2.75) is 20.3 Å². The molecule has 0 saturated carbocycles. The molecule has 8 heteroatoms. The first-order chi connectivity index (χ1) is 13.1. The van der Waals surface area contributed by atoms with Crippen molar-refractivity contribution >= 4 is 56.3 Å². The summed E-state index contributed by atoms with van der Waals surface area (Å²) in [6.07, 6.45) is 0.412. The van der Waals surface area contributed by atoms with Gasteiger partial charge < -0.3 is 9.64 Å². The molecule has 0 spiro atoms. The predicted molar refractivity (Wildman–Crippen MR) is 122 cm³/mol. The van der Waals surface area contributed by atoms with Crippen molar-refractivity contribution in [2.75, 3.05) is 38.2 Å². The van der Waals surface area contributed by atoms with Crippen molar-refractivity contribution in [3.8, 4) is 5.75 Å². The third-order valence-electron chi connectivity index (χ3n) is 4.56. The van der Waals surface area contributed by atoms with Gasteiger partial charge in [0, 0.05) is 18.0 Å². The van der Waals surface area contributed by atoms with Gasteiger partial charge in [0.05, 0.1) is 23.7 Å². The van der Waals surface area contributed by atoms with Crippen molar-refractivity contribution in [2.24, 2.45) is 0 Å². The maximum Gasteiger partial charge on any atom is 0.234 e. The van der Waals surface area contributed by atoms with E-state index in [2.05, 4.69) is 18.7 Å². The second-order valence-electron chi connectivity index (χ2n) is 6.16. The number of ether oxygens (including phenoxy) is 1. The number of rotatable bonds is 9. The van der Waals surface area contributed by atoms with Crippen LogP contribution in [0.4, 0.5) is 5.13 Å². The normalized spacial score (nSPS) is 10.9. The molecule has 0 aliphatic rings. The second-order valence-corrected chi connectivity index (χ2v) is 8.20. The van der Waals surface area contributed by atoms with Gasteiger partial charge in [-0.3, -0.25) is 9.69 Å². The van der Waals surface area contributed by atoms with Crippen LogP contribution in [0.2, 0.25) is 0 Å². The molecule has 5 nitrogen and oxygen atoms in total. The van der Waals surface area contributed by atoms with Crippen molar-refractivity contribution in [3.63, 3.8) is 0 Å². The number of carbonyl (C=O) groups is 1. The van der Waals surface area contributed by atoms with Crippen LogP contribution in [0.25, 0.3) is 10.2 Å². The lowest BCUT2D eigenvalue weighted by Gasteiger charge is -2.24. The molecular formula is C20H26ClN3O2S2. The largest absolute Gasteiger partial charge is 0.497 e. The van der Waals surface area contributed by atoms with Gasteiger partial charge in [-0.1, -0.05) is 31.3 Å². The SMILES string of the molecule is CCN(CC)CCN(C(=O)Cc1cccs1)c1nc2ccc(OC)cc2s1.Cl. The number of fused-ring (bicyclic) bond motifs is 1. The molecule has 0 unspecified atom stereocenters. The molecule has 1 amide bonds. The number of nitrogens with zero attached hydrogens (tertiary/aromatic N) is 3. The zero-order valence-corrected chi connectivity index (χ0v) is 18.8. The Labute approximate surface area is 180 Å². The molecule has 0 radical (unpaired) electrons. The van der Waals surface area contributed by atoms with E-state index in [-0.39, 0.29) is 18.3 Å². The molecule has 152 valence electrons. The molecule has 0 aliphatic carbocycles. The highest BCUT2D eigenvalue weighted by atomic mass is 35.5. The summed E-state index contributed by atoms with van der Waals surface area (Å²) < 4.78 is 6.34. The Morgan fingerprint density at radius 2 is 1.96 bits per heavy atom. The fraction of sp³-hybridized carbons (Fsp3) is 0.400. The van der Waals surface area contributed by atoms with E-state index in [1.165, 1.54) is 0 Å². The number of carbonyl (C=O) groups excluding carboxylic acids is 1. The highest BCUT2D eigenvalue weighted by Gasteiger charge is 2.21.